The molecule has 0 bridgehead atoms. The van der Waals surface area contributed by atoms with Crippen molar-refractivity contribution in [3.63, 3.8) is 0 Å². The van der Waals surface area contributed by atoms with Gasteiger partial charge in [-0.25, -0.2) is 0 Å². The van der Waals surface area contributed by atoms with Gasteiger partial charge in [0.1, 0.15) is 0 Å². The molecule has 7 aromatic carbocycles. The monoisotopic (exact) mass is 616 g/mol. The molecule has 48 heavy (non-hydrogen) atoms. The molecule has 4 heteroatoms. The first kappa shape index (κ1) is 26.9. The maximum absolute atomic E-state index is 2.45. The third-order valence-corrected chi connectivity index (χ3v) is 10.0. The van der Waals surface area contributed by atoms with Crippen molar-refractivity contribution in [1.82, 2.24) is 9.13 Å². The first-order chi connectivity index (χ1) is 23.8. The van der Waals surface area contributed by atoms with Gasteiger partial charge in [-0.1, -0.05) is 84.9 Å². The summed E-state index contributed by atoms with van der Waals surface area (Å²) < 4.78 is 4.76. The van der Waals surface area contributed by atoms with Crippen molar-refractivity contribution in [2.24, 2.45) is 0 Å². The quantitative estimate of drug-likeness (QED) is 0.196. The van der Waals surface area contributed by atoms with Crippen molar-refractivity contribution in [2.75, 3.05) is 22.9 Å². The minimum Gasteiger partial charge on any atom is -0.338 e. The molecular formula is C44H32N4. The highest BCUT2D eigenvalue weighted by Crippen LogP contribution is 2.42. The number of benzene rings is 7. The van der Waals surface area contributed by atoms with Gasteiger partial charge in [-0.05, 0) is 84.9 Å². The molecule has 1 aliphatic rings. The Morgan fingerprint density at radius 2 is 0.542 bits per heavy atom. The molecule has 0 aliphatic carbocycles. The maximum Gasteiger partial charge on any atom is 0.0652 e. The summed E-state index contributed by atoms with van der Waals surface area (Å²) in [5, 5.41) is 5.13. The number of fused-ring (bicyclic) bond motifs is 7. The number of para-hydroxylation sites is 6. The minimum atomic E-state index is 0.889. The molecular weight excluding hydrogens is 585 g/mol. The molecule has 0 spiro atoms. The molecule has 3 heterocycles. The van der Waals surface area contributed by atoms with Gasteiger partial charge in [0.15, 0.2) is 0 Å². The van der Waals surface area contributed by atoms with Gasteiger partial charge in [0.2, 0.25) is 0 Å². The summed E-state index contributed by atoms with van der Waals surface area (Å²) in [4.78, 5) is 4.90. The van der Waals surface area contributed by atoms with Crippen LogP contribution in [-0.2, 0) is 0 Å². The fourth-order valence-corrected chi connectivity index (χ4v) is 7.86. The lowest BCUT2D eigenvalue weighted by atomic mass is 10.1. The molecule has 228 valence electrons. The molecule has 0 atom stereocenters. The lowest BCUT2D eigenvalue weighted by Gasteiger charge is -2.39. The maximum atomic E-state index is 2.45. The fraction of sp³-hybridized carbons (Fsp3) is 0.0455. The Bertz CT molecular complexity index is 2330. The summed E-state index contributed by atoms with van der Waals surface area (Å²) in [6, 6.07) is 61.6. The van der Waals surface area contributed by atoms with Crippen molar-refractivity contribution in [3.05, 3.63) is 170 Å². The van der Waals surface area contributed by atoms with E-state index in [1.54, 1.807) is 0 Å². The molecule has 0 saturated carbocycles. The van der Waals surface area contributed by atoms with E-state index >= 15 is 0 Å². The smallest absolute Gasteiger partial charge is 0.0652 e. The van der Waals surface area contributed by atoms with Gasteiger partial charge in [-0.15, -0.1) is 0 Å². The van der Waals surface area contributed by atoms with Gasteiger partial charge >= 0.3 is 0 Å². The van der Waals surface area contributed by atoms with Crippen LogP contribution < -0.4 is 9.80 Å². The van der Waals surface area contributed by atoms with E-state index in [0.29, 0.717) is 0 Å². The molecule has 0 radical (unpaired) electrons. The lowest BCUT2D eigenvalue weighted by Crippen LogP contribution is -2.36. The van der Waals surface area contributed by atoms with Crippen LogP contribution in [0.25, 0.3) is 55.0 Å². The molecule has 9 aromatic rings. The van der Waals surface area contributed by atoms with Gasteiger partial charge in [0, 0.05) is 57.4 Å². The first-order valence-corrected chi connectivity index (χ1v) is 16.6. The molecule has 0 unspecified atom stereocenters. The van der Waals surface area contributed by atoms with Gasteiger partial charge in [-0.3, -0.25) is 0 Å². The van der Waals surface area contributed by atoms with Crippen LogP contribution in [0.15, 0.2) is 170 Å². The average molecular weight is 617 g/mol. The Morgan fingerprint density at radius 1 is 0.271 bits per heavy atom. The zero-order valence-electron chi connectivity index (χ0n) is 26.4. The SMILES string of the molecule is c1ccc2c(c1)N(c1ccc(-n3c4ccccc4c4ccccc43)cc1)CCN2c1ccc(-n2c3ccccc3c3ccccc32)cc1. The highest BCUT2D eigenvalue weighted by atomic mass is 15.3. The third kappa shape index (κ3) is 4.02. The predicted octanol–water partition coefficient (Wildman–Crippen LogP) is 11.2. The topological polar surface area (TPSA) is 16.3 Å². The standard InChI is InChI=1S/C44H32N4/c1-5-15-39-35(11-1)36-12-2-6-16-40(36)47(39)33-25-21-31(22-26-33)45-29-30-46(44-20-10-9-19-43(44)45)32-23-27-34(28-24-32)48-41-17-7-3-13-37(41)38-14-4-8-18-42(38)48/h1-28H,29-30H2. The van der Waals surface area contributed by atoms with Crippen LogP contribution in [0.4, 0.5) is 22.7 Å². The minimum absolute atomic E-state index is 0.889. The van der Waals surface area contributed by atoms with Crippen molar-refractivity contribution < 1.29 is 0 Å². The second-order valence-corrected chi connectivity index (χ2v) is 12.6. The van der Waals surface area contributed by atoms with Gasteiger partial charge in [0.25, 0.3) is 0 Å². The van der Waals surface area contributed by atoms with Crippen molar-refractivity contribution in [2.45, 2.75) is 0 Å². The Balaban J connectivity index is 0.987. The summed E-state index contributed by atoms with van der Waals surface area (Å²) in [6.45, 7) is 1.78. The molecule has 10 rings (SSSR count). The summed E-state index contributed by atoms with van der Waals surface area (Å²) in [7, 11) is 0. The molecule has 4 nitrogen and oxygen atoms in total. The second kappa shape index (κ2) is 10.6. The predicted molar refractivity (Wildman–Crippen MR) is 202 cm³/mol. The largest absolute Gasteiger partial charge is 0.338 e. The summed E-state index contributed by atoms with van der Waals surface area (Å²) >= 11 is 0. The van der Waals surface area contributed by atoms with Gasteiger partial charge < -0.3 is 18.9 Å². The molecule has 0 amide bonds. The van der Waals surface area contributed by atoms with Crippen LogP contribution in [0.5, 0.6) is 0 Å². The number of anilines is 4. The van der Waals surface area contributed by atoms with Crippen LogP contribution >= 0.6 is 0 Å². The van der Waals surface area contributed by atoms with E-state index in [9.17, 15) is 0 Å². The normalized spacial score (nSPS) is 13.2. The second-order valence-electron chi connectivity index (χ2n) is 12.6. The van der Waals surface area contributed by atoms with Crippen molar-refractivity contribution in [3.8, 4) is 11.4 Å². The van der Waals surface area contributed by atoms with E-state index in [-0.39, 0.29) is 0 Å². The van der Waals surface area contributed by atoms with E-state index in [0.717, 1.165) is 13.1 Å². The summed E-state index contributed by atoms with van der Waals surface area (Å²) in [6.07, 6.45) is 0. The molecule has 2 aromatic heterocycles. The Kier molecular flexibility index (Phi) is 5.97. The van der Waals surface area contributed by atoms with E-state index in [1.165, 1.54) is 77.7 Å². The van der Waals surface area contributed by atoms with Gasteiger partial charge in [-0.2, -0.15) is 0 Å². The van der Waals surface area contributed by atoms with E-state index in [2.05, 4.69) is 189 Å². The van der Waals surface area contributed by atoms with Crippen LogP contribution in [0.1, 0.15) is 0 Å². The Labute approximate surface area is 278 Å². The number of nitrogens with zero attached hydrogens (tertiary/aromatic N) is 4. The Morgan fingerprint density at radius 3 is 0.875 bits per heavy atom. The van der Waals surface area contributed by atoms with Crippen molar-refractivity contribution >= 4 is 66.4 Å². The lowest BCUT2D eigenvalue weighted by molar-refractivity contribution is 0.850. The van der Waals surface area contributed by atoms with Crippen LogP contribution in [0.3, 0.4) is 0 Å². The summed E-state index contributed by atoms with van der Waals surface area (Å²) in [5.74, 6) is 0. The third-order valence-electron chi connectivity index (χ3n) is 10.0. The number of aromatic nitrogens is 2. The van der Waals surface area contributed by atoms with Crippen molar-refractivity contribution in [1.29, 1.82) is 0 Å². The average Bonchev–Trinajstić information content (AvgIpc) is 3.68. The fourth-order valence-electron chi connectivity index (χ4n) is 7.86. The van der Waals surface area contributed by atoms with Crippen LogP contribution in [-0.4, -0.2) is 22.2 Å². The molecule has 0 N–H and O–H groups in total. The number of hydrogen-bond donors (Lipinski definition) is 0. The van der Waals surface area contributed by atoms with E-state index in [1.807, 2.05) is 0 Å². The van der Waals surface area contributed by atoms with Crippen LogP contribution in [0.2, 0.25) is 0 Å². The van der Waals surface area contributed by atoms with Gasteiger partial charge in [0.05, 0.1) is 33.4 Å². The first-order valence-electron chi connectivity index (χ1n) is 16.6. The molecule has 1 aliphatic heterocycles. The number of hydrogen-bond acceptors (Lipinski definition) is 2. The molecule has 0 fully saturated rings. The zero-order valence-corrected chi connectivity index (χ0v) is 26.4. The van der Waals surface area contributed by atoms with Crippen LogP contribution in [0, 0.1) is 0 Å². The Hall–Kier alpha value is -6.26. The molecule has 0 saturated heterocycles. The number of rotatable bonds is 4. The van der Waals surface area contributed by atoms with E-state index in [4.69, 9.17) is 0 Å². The highest BCUT2D eigenvalue weighted by molar-refractivity contribution is 6.10. The summed E-state index contributed by atoms with van der Waals surface area (Å²) in [5.41, 5.74) is 12.1. The van der Waals surface area contributed by atoms with E-state index < -0.39 is 0 Å². The highest BCUT2D eigenvalue weighted by Gasteiger charge is 2.25. The zero-order chi connectivity index (χ0) is 31.6.